The van der Waals surface area contributed by atoms with Gasteiger partial charge >= 0.3 is 13.3 Å². The highest BCUT2D eigenvalue weighted by molar-refractivity contribution is 6.56. The first-order chi connectivity index (χ1) is 5.41. The summed E-state index contributed by atoms with van der Waals surface area (Å²) in [6.07, 6.45) is -4.63. The van der Waals surface area contributed by atoms with E-state index < -0.39 is 24.6 Å². The van der Waals surface area contributed by atoms with Gasteiger partial charge in [0.1, 0.15) is 0 Å². The summed E-state index contributed by atoms with van der Waals surface area (Å²) < 4.78 is 39.3. The summed E-state index contributed by atoms with van der Waals surface area (Å²) in [5, 5.41) is 19.3. The minimum Gasteiger partial charge on any atom is -0.421 e. The van der Waals surface area contributed by atoms with Gasteiger partial charge in [0.15, 0.2) is 11.4 Å². The maximum Gasteiger partial charge on any atom is 0.529 e. The van der Waals surface area contributed by atoms with Crippen molar-refractivity contribution in [1.29, 1.82) is 0 Å². The second kappa shape index (κ2) is 2.79. The zero-order valence-electron chi connectivity index (χ0n) is 5.54. The van der Waals surface area contributed by atoms with Crippen molar-refractivity contribution in [2.24, 2.45) is 0 Å². The Balaban J connectivity index is 2.92. The molecule has 0 aliphatic heterocycles. The lowest BCUT2D eigenvalue weighted by Crippen LogP contribution is -2.28. The van der Waals surface area contributed by atoms with E-state index in [1.807, 2.05) is 0 Å². The Bertz CT molecular complexity index is 271. The molecule has 1 aromatic heterocycles. The third-order valence-electron chi connectivity index (χ3n) is 1.07. The quantitative estimate of drug-likeness (QED) is 0.566. The highest BCUT2D eigenvalue weighted by Crippen LogP contribution is 2.26. The van der Waals surface area contributed by atoms with E-state index in [0.717, 1.165) is 0 Å². The average molecular weight is 181 g/mol. The minimum absolute atomic E-state index is 0.421. The largest absolute Gasteiger partial charge is 0.529 e. The average Bonchev–Trinajstić information content (AvgIpc) is 2.30. The van der Waals surface area contributed by atoms with E-state index in [1.54, 1.807) is 0 Å². The lowest BCUT2D eigenvalue weighted by atomic mass is 9.88. The number of rotatable bonds is 1. The summed E-state index contributed by atoms with van der Waals surface area (Å²) in [5.74, 6) is 0. The van der Waals surface area contributed by atoms with Crippen molar-refractivity contribution in [2.75, 3.05) is 0 Å². The number of alkyl halides is 3. The fourth-order valence-corrected chi connectivity index (χ4v) is 0.545. The van der Waals surface area contributed by atoms with E-state index in [-0.39, 0.29) is 0 Å². The van der Waals surface area contributed by atoms with Gasteiger partial charge in [-0.2, -0.15) is 13.2 Å². The number of hydrogen-bond acceptors (Lipinski definition) is 4. The minimum atomic E-state index is -4.63. The predicted octanol–water partition coefficient (Wildman–Crippen LogP) is -0.627. The lowest BCUT2D eigenvalue weighted by Gasteiger charge is -1.97. The van der Waals surface area contributed by atoms with Gasteiger partial charge in [0.05, 0.1) is 0 Å². The highest BCUT2D eigenvalue weighted by Gasteiger charge is 2.36. The Kier molecular flexibility index (Phi) is 2.11. The molecule has 0 bridgehead atoms. The number of aromatic nitrogens is 1. The molecule has 1 rings (SSSR count). The number of halogens is 3. The molecule has 0 atom stereocenters. The van der Waals surface area contributed by atoms with Crippen molar-refractivity contribution >= 4 is 12.8 Å². The summed E-state index contributed by atoms with van der Waals surface area (Å²) in [5.41, 5.74) is -1.92. The number of hydrogen-bond donors (Lipinski definition) is 2. The molecular formula is C4H3BF3NO3. The van der Waals surface area contributed by atoms with Gasteiger partial charge in [-0.05, 0) is 0 Å². The first-order valence-corrected chi connectivity index (χ1v) is 2.81. The monoisotopic (exact) mass is 181 g/mol. The van der Waals surface area contributed by atoms with Crippen molar-refractivity contribution in [1.82, 2.24) is 5.16 Å². The van der Waals surface area contributed by atoms with Gasteiger partial charge in [0.2, 0.25) is 0 Å². The van der Waals surface area contributed by atoms with Gasteiger partial charge in [-0.1, -0.05) is 5.16 Å². The fraction of sp³-hybridized carbons (Fsp3) is 0.250. The number of nitrogens with zero attached hydrogens (tertiary/aromatic N) is 1. The molecule has 66 valence electrons. The van der Waals surface area contributed by atoms with Gasteiger partial charge in [-0.25, -0.2) is 0 Å². The molecule has 0 aromatic carbocycles. The van der Waals surface area contributed by atoms with Gasteiger partial charge < -0.3 is 14.6 Å². The van der Waals surface area contributed by atoms with Gasteiger partial charge in [-0.3, -0.25) is 0 Å². The lowest BCUT2D eigenvalue weighted by molar-refractivity contribution is -0.142. The molecule has 0 fully saturated rings. The van der Waals surface area contributed by atoms with E-state index in [0.29, 0.717) is 6.07 Å². The fourth-order valence-electron chi connectivity index (χ4n) is 0.545. The van der Waals surface area contributed by atoms with Crippen LogP contribution < -0.4 is 5.66 Å². The molecule has 12 heavy (non-hydrogen) atoms. The van der Waals surface area contributed by atoms with Crippen LogP contribution in [0.4, 0.5) is 13.2 Å². The van der Waals surface area contributed by atoms with E-state index in [9.17, 15) is 13.2 Å². The maximum absolute atomic E-state index is 11.8. The molecule has 4 nitrogen and oxygen atoms in total. The van der Waals surface area contributed by atoms with Crippen LogP contribution in [0.3, 0.4) is 0 Å². The van der Waals surface area contributed by atoms with Crippen LogP contribution in [0.15, 0.2) is 10.6 Å². The molecule has 0 radical (unpaired) electrons. The van der Waals surface area contributed by atoms with Crippen molar-refractivity contribution in [3.63, 3.8) is 0 Å². The Morgan fingerprint density at radius 1 is 1.42 bits per heavy atom. The zero-order chi connectivity index (χ0) is 9.35. The summed E-state index contributed by atoms with van der Waals surface area (Å²) in [6.45, 7) is 0. The van der Waals surface area contributed by atoms with Gasteiger partial charge in [0.25, 0.3) is 0 Å². The maximum atomic E-state index is 11.8. The molecule has 1 heterocycles. The Morgan fingerprint density at radius 3 is 2.25 bits per heavy atom. The van der Waals surface area contributed by atoms with Crippen LogP contribution in [0, 0.1) is 0 Å². The third kappa shape index (κ3) is 1.77. The van der Waals surface area contributed by atoms with Crippen molar-refractivity contribution < 1.29 is 27.7 Å². The van der Waals surface area contributed by atoms with E-state index in [1.165, 1.54) is 0 Å². The first-order valence-electron chi connectivity index (χ1n) is 2.81. The van der Waals surface area contributed by atoms with Crippen LogP contribution in [0.25, 0.3) is 0 Å². The molecule has 0 aliphatic carbocycles. The molecule has 0 saturated heterocycles. The standard InChI is InChI=1S/C4H3BF3NO3/c6-4(7,8)2-1-3(5(10)11)12-9-2/h1,10-11H. The summed E-state index contributed by atoms with van der Waals surface area (Å²) in [4.78, 5) is 0. The molecule has 0 spiro atoms. The Hall–Kier alpha value is -1.02. The van der Waals surface area contributed by atoms with Crippen LogP contribution in [0.1, 0.15) is 5.69 Å². The van der Waals surface area contributed by atoms with E-state index in [2.05, 4.69) is 9.68 Å². The molecule has 0 aliphatic rings. The first kappa shape index (κ1) is 9.08. The third-order valence-corrected chi connectivity index (χ3v) is 1.07. The highest BCUT2D eigenvalue weighted by atomic mass is 19.4. The second-order valence-electron chi connectivity index (χ2n) is 1.99. The SMILES string of the molecule is OB(O)c1cc(C(F)(F)F)no1. The normalized spacial score (nSPS) is 11.8. The molecule has 2 N–H and O–H groups in total. The predicted molar refractivity (Wildman–Crippen MR) is 31.3 cm³/mol. The van der Waals surface area contributed by atoms with Crippen LogP contribution in [-0.4, -0.2) is 22.3 Å². The van der Waals surface area contributed by atoms with Gasteiger partial charge in [-0.15, -0.1) is 0 Å². The van der Waals surface area contributed by atoms with E-state index in [4.69, 9.17) is 10.0 Å². The van der Waals surface area contributed by atoms with Crippen LogP contribution in [0.5, 0.6) is 0 Å². The smallest absolute Gasteiger partial charge is 0.421 e. The molecule has 0 unspecified atom stereocenters. The molecule has 8 heteroatoms. The van der Waals surface area contributed by atoms with Crippen LogP contribution in [0.2, 0.25) is 0 Å². The van der Waals surface area contributed by atoms with E-state index >= 15 is 0 Å². The molecule has 0 saturated carbocycles. The summed E-state index contributed by atoms with van der Waals surface area (Å²) in [6, 6.07) is 0.421. The van der Waals surface area contributed by atoms with Gasteiger partial charge in [0, 0.05) is 6.07 Å². The van der Waals surface area contributed by atoms with Crippen molar-refractivity contribution in [3.05, 3.63) is 11.8 Å². The second-order valence-corrected chi connectivity index (χ2v) is 1.99. The summed E-state index contributed by atoms with van der Waals surface area (Å²) in [7, 11) is -2.08. The van der Waals surface area contributed by atoms with Crippen LogP contribution in [-0.2, 0) is 6.18 Å². The Labute approximate surface area is 64.7 Å². The molecule has 1 aromatic rings. The van der Waals surface area contributed by atoms with Crippen LogP contribution >= 0.6 is 0 Å². The molecular weight excluding hydrogens is 178 g/mol. The zero-order valence-corrected chi connectivity index (χ0v) is 5.54. The van der Waals surface area contributed by atoms with Crippen molar-refractivity contribution in [2.45, 2.75) is 6.18 Å². The molecule has 0 amide bonds. The Morgan fingerprint density at radius 2 is 2.00 bits per heavy atom. The summed E-state index contributed by atoms with van der Waals surface area (Å²) >= 11 is 0. The topological polar surface area (TPSA) is 66.5 Å². The van der Waals surface area contributed by atoms with Crippen molar-refractivity contribution in [3.8, 4) is 0 Å².